The number of ether oxygens (including phenoxy) is 2. The molecule has 1 atom stereocenters. The number of fused-ring (bicyclic) bond motifs is 2. The summed E-state index contributed by atoms with van der Waals surface area (Å²) in [5, 5.41) is 16.9. The van der Waals surface area contributed by atoms with Crippen molar-refractivity contribution in [3.63, 3.8) is 0 Å². The van der Waals surface area contributed by atoms with Crippen LogP contribution < -0.4 is 24.4 Å². The lowest BCUT2D eigenvalue weighted by molar-refractivity contribution is -0.384. The van der Waals surface area contributed by atoms with Crippen molar-refractivity contribution in [3.8, 4) is 17.2 Å². The lowest BCUT2D eigenvalue weighted by Gasteiger charge is -2.39. The van der Waals surface area contributed by atoms with Crippen molar-refractivity contribution in [3.05, 3.63) is 111 Å². The molecule has 64 heavy (non-hydrogen) atoms. The molecule has 4 heterocycles. The molecular formula is C46H55ClN8O7S2. The Kier molecular flexibility index (Phi) is 12.8. The van der Waals surface area contributed by atoms with Crippen LogP contribution in [0.2, 0.25) is 5.02 Å². The minimum atomic E-state index is -4.65. The maximum Gasteiger partial charge on any atom is 0.297 e. The number of sulfonamides is 1. The van der Waals surface area contributed by atoms with E-state index in [2.05, 4.69) is 74.6 Å². The Hall–Kier alpha value is -5.49. The first-order chi connectivity index (χ1) is 30.4. The predicted molar refractivity (Wildman–Crippen MR) is 256 cm³/mol. The Morgan fingerprint density at radius 3 is 2.58 bits per heavy atom. The summed E-state index contributed by atoms with van der Waals surface area (Å²) in [5.41, 5.74) is 5.30. The molecule has 15 nitrogen and oxygen atoms in total. The lowest BCUT2D eigenvalue weighted by atomic mass is 9.72. The molecule has 1 aliphatic carbocycles. The molecule has 3 N–H and O–H groups in total. The smallest absolute Gasteiger partial charge is 0.297 e. The number of nitro benzene ring substituents is 1. The third-order valence-corrected chi connectivity index (χ3v) is 14.5. The second-order valence-electron chi connectivity index (χ2n) is 18.3. The van der Waals surface area contributed by atoms with E-state index in [1.165, 1.54) is 35.0 Å². The van der Waals surface area contributed by atoms with Crippen LogP contribution in [0.4, 0.5) is 17.1 Å². The summed E-state index contributed by atoms with van der Waals surface area (Å²) in [5.74, 6) is -0.524. The average Bonchev–Trinajstić information content (AvgIpc) is 3.72. The van der Waals surface area contributed by atoms with E-state index in [1.54, 1.807) is 24.4 Å². The highest BCUT2D eigenvalue weighted by atomic mass is 35.5. The van der Waals surface area contributed by atoms with E-state index in [4.69, 9.17) is 25.4 Å². The minimum Gasteiger partial charge on any atom is -0.489 e. The molecule has 3 aliphatic rings. The summed E-state index contributed by atoms with van der Waals surface area (Å²) in [7, 11) is -6.02. The van der Waals surface area contributed by atoms with Crippen LogP contribution in [0, 0.1) is 15.5 Å². The molecule has 0 bridgehead atoms. The zero-order chi connectivity index (χ0) is 45.4. The molecular weight excluding hydrogens is 876 g/mol. The van der Waals surface area contributed by atoms with Crippen molar-refractivity contribution < 1.29 is 27.6 Å². The molecule has 2 aromatic heterocycles. The number of anilines is 2. The van der Waals surface area contributed by atoms with E-state index in [-0.39, 0.29) is 40.8 Å². The van der Waals surface area contributed by atoms with Crippen LogP contribution in [0.5, 0.6) is 17.2 Å². The predicted octanol–water partition coefficient (Wildman–Crippen LogP) is 8.34. The topological polar surface area (TPSA) is 184 Å². The van der Waals surface area contributed by atoms with Crippen molar-refractivity contribution in [1.29, 1.82) is 0 Å². The van der Waals surface area contributed by atoms with Gasteiger partial charge in [0.25, 0.3) is 21.6 Å². The zero-order valence-electron chi connectivity index (χ0n) is 36.7. The number of H-pyrrole nitrogens is 1. The monoisotopic (exact) mass is 930 g/mol. The van der Waals surface area contributed by atoms with E-state index in [0.717, 1.165) is 61.1 Å². The van der Waals surface area contributed by atoms with Crippen molar-refractivity contribution in [1.82, 2.24) is 19.6 Å². The Labute approximate surface area is 379 Å². The first-order valence-corrected chi connectivity index (χ1v) is 26.3. The van der Waals surface area contributed by atoms with Gasteiger partial charge in [0.05, 0.1) is 27.6 Å². The van der Waals surface area contributed by atoms with Crippen LogP contribution >= 0.6 is 11.6 Å². The van der Waals surface area contributed by atoms with Gasteiger partial charge in [0.1, 0.15) is 23.8 Å². The molecule has 8 rings (SSSR count). The minimum absolute atomic E-state index is 0.000987. The van der Waals surface area contributed by atoms with Crippen molar-refractivity contribution in [2.45, 2.75) is 50.5 Å². The summed E-state index contributed by atoms with van der Waals surface area (Å²) in [6.45, 7) is 9.32. The van der Waals surface area contributed by atoms with Gasteiger partial charge in [0, 0.05) is 79.8 Å². The van der Waals surface area contributed by atoms with Gasteiger partial charge < -0.3 is 24.7 Å². The standard InChI is InChI=1S/C46H55ClN8O7S2/c1-46(2)15-12-32(39(26-46)30-6-8-33(47)9-7-30)28-53-18-20-54(21-19-53)35-10-11-38(41(23-35)62-36-22-31-13-16-48-44(31)49-27-36)45(56)52-64(59,60)37-24-40(55(57)58)43-42(25-37)61-29-34(51-43)14-17-50-63(3,4)5/h6-11,13,16,22-25,27,34,51,63H,12,14-15,17-21,26,28-29H2,1-5H3,(H,48,49)(H,52,56)/t34-/m0/s1. The molecule has 1 saturated heterocycles. The van der Waals surface area contributed by atoms with E-state index >= 15 is 0 Å². The zero-order valence-corrected chi connectivity index (χ0v) is 39.2. The first-order valence-electron chi connectivity index (χ1n) is 21.4. The maximum atomic E-state index is 14.0. The Bertz CT molecular complexity index is 2790. The Morgan fingerprint density at radius 2 is 1.84 bits per heavy atom. The van der Waals surface area contributed by atoms with E-state index < -0.39 is 41.3 Å². The molecule has 1 amide bonds. The van der Waals surface area contributed by atoms with E-state index in [9.17, 15) is 23.3 Å². The van der Waals surface area contributed by atoms with Gasteiger partial charge in [-0.05, 0) is 97.4 Å². The number of benzene rings is 3. The van der Waals surface area contributed by atoms with Gasteiger partial charge in [-0.3, -0.25) is 24.2 Å². The number of nitrogens with zero attached hydrogens (tertiary/aromatic N) is 5. The number of amides is 1. The number of nitrogens with one attached hydrogen (secondary N) is 3. The van der Waals surface area contributed by atoms with Gasteiger partial charge in [0.2, 0.25) is 0 Å². The SMILES string of the molecule is CC1(C)CCC(CN2CCN(c3ccc(C(=O)NS(=O)(=O)c4cc5c(c([N+](=O)[O-])c4)N[C@@H](CCN=[SH](C)(C)C)CO5)c(Oc4cnc5[nH]ccc5c4)c3)CC2)=C(c2ccc(Cl)cc2)C1. The third kappa shape index (κ3) is 10.5. The summed E-state index contributed by atoms with van der Waals surface area (Å²) in [6.07, 6.45) is 13.3. The molecule has 0 spiro atoms. The normalized spacial score (nSPS) is 18.2. The molecule has 340 valence electrons. The van der Waals surface area contributed by atoms with Gasteiger partial charge in [-0.25, -0.2) is 27.9 Å². The largest absolute Gasteiger partial charge is 0.489 e. The highest BCUT2D eigenvalue weighted by molar-refractivity contribution is 8.03. The van der Waals surface area contributed by atoms with Crippen molar-refractivity contribution in [2.24, 2.45) is 9.78 Å². The highest BCUT2D eigenvalue weighted by Crippen LogP contribution is 2.44. The number of pyridine rings is 1. The number of thiol groups is 1. The van der Waals surface area contributed by atoms with Crippen molar-refractivity contribution in [2.75, 3.05) is 74.9 Å². The summed E-state index contributed by atoms with van der Waals surface area (Å²) in [4.78, 5) is 37.3. The fourth-order valence-electron chi connectivity index (χ4n) is 8.46. The molecule has 0 saturated carbocycles. The van der Waals surface area contributed by atoms with Crippen LogP contribution in [-0.2, 0) is 19.8 Å². The fourth-order valence-corrected chi connectivity index (χ4v) is 10.3. The number of hydrogen-bond donors (Lipinski definition) is 4. The number of allylic oxidation sites excluding steroid dienone is 1. The molecule has 0 unspecified atom stereocenters. The van der Waals surface area contributed by atoms with Crippen molar-refractivity contribution >= 4 is 71.0 Å². The number of aromatic nitrogens is 2. The number of carbonyl (C=O) groups excluding carboxylic acids is 1. The van der Waals surface area contributed by atoms with E-state index in [1.807, 2.05) is 18.2 Å². The first kappa shape index (κ1) is 45.1. The van der Waals surface area contributed by atoms with Gasteiger partial charge >= 0.3 is 0 Å². The number of halogens is 1. The number of carbonyl (C=O) groups is 1. The highest BCUT2D eigenvalue weighted by Gasteiger charge is 2.33. The van der Waals surface area contributed by atoms with Gasteiger partial charge in [-0.15, -0.1) is 0 Å². The van der Waals surface area contributed by atoms with Gasteiger partial charge in [-0.2, -0.15) is 0 Å². The lowest BCUT2D eigenvalue weighted by Crippen LogP contribution is -2.47. The number of piperazine rings is 1. The maximum absolute atomic E-state index is 14.0. The second-order valence-corrected chi connectivity index (χ2v) is 24.6. The number of nitro groups is 1. The van der Waals surface area contributed by atoms with Gasteiger partial charge in [-0.1, -0.05) is 43.2 Å². The molecule has 2 aliphatic heterocycles. The molecule has 1 fully saturated rings. The molecule has 3 aromatic carbocycles. The fraction of sp³-hybridized carbons (Fsp3) is 0.391. The number of rotatable bonds is 13. The second kappa shape index (κ2) is 18.2. The van der Waals surface area contributed by atoms with Gasteiger partial charge in [0.15, 0.2) is 11.4 Å². The van der Waals surface area contributed by atoms with Crippen LogP contribution in [0.1, 0.15) is 55.5 Å². The van der Waals surface area contributed by atoms with Crippen LogP contribution in [0.3, 0.4) is 0 Å². The Balaban J connectivity index is 1.02. The molecule has 18 heteroatoms. The number of hydrogen-bond acceptors (Lipinski definition) is 12. The average molecular weight is 932 g/mol. The quantitative estimate of drug-likeness (QED) is 0.0506. The summed E-state index contributed by atoms with van der Waals surface area (Å²) < 4.78 is 46.8. The number of aromatic amines is 1. The van der Waals surface area contributed by atoms with Crippen LogP contribution in [0.15, 0.2) is 94.0 Å². The summed E-state index contributed by atoms with van der Waals surface area (Å²) in [6, 6.07) is 18.7. The Morgan fingerprint density at radius 1 is 1.08 bits per heavy atom. The van der Waals surface area contributed by atoms with Crippen LogP contribution in [0.25, 0.3) is 16.6 Å². The van der Waals surface area contributed by atoms with E-state index in [0.29, 0.717) is 37.5 Å². The molecule has 5 aromatic rings. The summed E-state index contributed by atoms with van der Waals surface area (Å²) >= 11 is 6.25. The molecule has 0 radical (unpaired) electrons. The third-order valence-electron chi connectivity index (χ3n) is 11.9. The van der Waals surface area contributed by atoms with Crippen LogP contribution in [-0.4, -0.2) is 105 Å².